The number of nitrogens with zero attached hydrogens (tertiary/aromatic N) is 1. The first-order valence-electron chi connectivity index (χ1n) is 8.70. The van der Waals surface area contributed by atoms with Crippen LogP contribution in [-0.2, 0) is 9.53 Å². The first-order chi connectivity index (χ1) is 11.1. The summed E-state index contributed by atoms with van der Waals surface area (Å²) in [6.07, 6.45) is 6.23. The number of hydrogen-bond donors (Lipinski definition) is 3. The van der Waals surface area contributed by atoms with Gasteiger partial charge in [-0.15, -0.1) is 0 Å². The number of likely N-dealkylation sites (N-methyl/N-ethyl adjacent to an activating group) is 1. The van der Waals surface area contributed by atoms with Crippen LogP contribution >= 0.6 is 0 Å². The van der Waals surface area contributed by atoms with Crippen LogP contribution in [0.5, 0.6) is 0 Å². The number of aliphatic carboxylic acids is 1. The summed E-state index contributed by atoms with van der Waals surface area (Å²) >= 11 is 0. The molecule has 1 saturated heterocycles. The SMILES string of the molecule is CCN(CC(=O)O)C1CC(NC(=O)NCCC2CCCCO2)C1. The van der Waals surface area contributed by atoms with Gasteiger partial charge in [-0.25, -0.2) is 4.79 Å². The van der Waals surface area contributed by atoms with Gasteiger partial charge in [0.15, 0.2) is 0 Å². The quantitative estimate of drug-likeness (QED) is 0.623. The highest BCUT2D eigenvalue weighted by Crippen LogP contribution is 2.25. The molecule has 0 spiro atoms. The van der Waals surface area contributed by atoms with Gasteiger partial charge in [0.1, 0.15) is 0 Å². The third-order valence-corrected chi connectivity index (χ3v) is 4.74. The lowest BCUT2D eigenvalue weighted by Gasteiger charge is -2.42. The van der Waals surface area contributed by atoms with Crippen LogP contribution in [0.3, 0.4) is 0 Å². The number of carboxylic acids is 1. The van der Waals surface area contributed by atoms with Crippen LogP contribution in [0.15, 0.2) is 0 Å². The summed E-state index contributed by atoms with van der Waals surface area (Å²) in [5.74, 6) is -0.800. The van der Waals surface area contributed by atoms with Crippen molar-refractivity contribution < 1.29 is 19.4 Å². The van der Waals surface area contributed by atoms with Gasteiger partial charge in [0.05, 0.1) is 12.6 Å². The molecule has 2 amide bonds. The standard InChI is InChI=1S/C16H29N3O4/c1-2-19(11-15(20)21)13-9-12(10-13)18-16(22)17-7-6-14-5-3-4-8-23-14/h12-14H,2-11H2,1H3,(H,20,21)(H2,17,18,22). The number of carboxylic acid groups (broad SMARTS) is 1. The molecule has 1 aliphatic carbocycles. The molecule has 0 aromatic carbocycles. The van der Waals surface area contributed by atoms with Crippen molar-refractivity contribution >= 4 is 12.0 Å². The second-order valence-corrected chi connectivity index (χ2v) is 6.46. The van der Waals surface area contributed by atoms with E-state index in [9.17, 15) is 9.59 Å². The molecular formula is C16H29N3O4. The lowest BCUT2D eigenvalue weighted by atomic mass is 9.85. The Bertz CT molecular complexity index is 393. The molecule has 23 heavy (non-hydrogen) atoms. The normalized spacial score (nSPS) is 27.3. The number of carbonyl (C=O) groups is 2. The maximum Gasteiger partial charge on any atom is 0.317 e. The summed E-state index contributed by atoms with van der Waals surface area (Å²) in [6.45, 7) is 4.22. The molecule has 1 unspecified atom stereocenters. The number of rotatable bonds is 8. The minimum atomic E-state index is -0.800. The van der Waals surface area contributed by atoms with Crippen molar-refractivity contribution in [2.24, 2.45) is 0 Å². The first kappa shape index (κ1) is 18.0. The van der Waals surface area contributed by atoms with Gasteiger partial charge in [-0.1, -0.05) is 6.92 Å². The van der Waals surface area contributed by atoms with E-state index in [2.05, 4.69) is 10.6 Å². The van der Waals surface area contributed by atoms with Crippen molar-refractivity contribution in [1.29, 1.82) is 0 Å². The summed E-state index contributed by atoms with van der Waals surface area (Å²) in [5, 5.41) is 14.7. The number of carbonyl (C=O) groups excluding carboxylic acids is 1. The fourth-order valence-corrected chi connectivity index (χ4v) is 3.29. The molecule has 1 saturated carbocycles. The molecule has 0 radical (unpaired) electrons. The van der Waals surface area contributed by atoms with Crippen LogP contribution in [0.25, 0.3) is 0 Å². The van der Waals surface area contributed by atoms with Crippen molar-refractivity contribution in [3.8, 4) is 0 Å². The smallest absolute Gasteiger partial charge is 0.317 e. The van der Waals surface area contributed by atoms with Crippen molar-refractivity contribution in [2.45, 2.75) is 63.6 Å². The van der Waals surface area contributed by atoms with Gasteiger partial charge in [0.2, 0.25) is 0 Å². The molecule has 0 bridgehead atoms. The van der Waals surface area contributed by atoms with Gasteiger partial charge < -0.3 is 20.5 Å². The molecule has 0 aromatic heterocycles. The highest BCUT2D eigenvalue weighted by Gasteiger charge is 2.34. The van der Waals surface area contributed by atoms with E-state index in [0.29, 0.717) is 6.54 Å². The molecule has 2 rings (SSSR count). The van der Waals surface area contributed by atoms with Gasteiger partial charge in [-0.05, 0) is 45.1 Å². The number of urea groups is 1. The van der Waals surface area contributed by atoms with E-state index >= 15 is 0 Å². The third kappa shape index (κ3) is 5.99. The second-order valence-electron chi connectivity index (χ2n) is 6.46. The molecule has 2 aliphatic rings. The maximum absolute atomic E-state index is 11.8. The van der Waals surface area contributed by atoms with E-state index in [1.807, 2.05) is 11.8 Å². The average molecular weight is 327 g/mol. The lowest BCUT2D eigenvalue weighted by molar-refractivity contribution is -0.139. The van der Waals surface area contributed by atoms with Crippen LogP contribution in [0.1, 0.15) is 45.4 Å². The lowest BCUT2D eigenvalue weighted by Crippen LogP contribution is -2.56. The molecule has 132 valence electrons. The van der Waals surface area contributed by atoms with Gasteiger partial charge in [-0.2, -0.15) is 0 Å². The van der Waals surface area contributed by atoms with Crippen molar-refractivity contribution in [2.75, 3.05) is 26.2 Å². The van der Waals surface area contributed by atoms with Crippen LogP contribution in [-0.4, -0.2) is 66.4 Å². The summed E-state index contributed by atoms with van der Waals surface area (Å²) in [7, 11) is 0. The molecule has 1 aliphatic heterocycles. The molecule has 3 N–H and O–H groups in total. The fourth-order valence-electron chi connectivity index (χ4n) is 3.29. The third-order valence-electron chi connectivity index (χ3n) is 4.74. The predicted octanol–water partition coefficient (Wildman–Crippen LogP) is 1.18. The van der Waals surface area contributed by atoms with Crippen LogP contribution < -0.4 is 10.6 Å². The zero-order chi connectivity index (χ0) is 16.7. The Kier molecular flexibility index (Phi) is 7.11. The van der Waals surface area contributed by atoms with E-state index in [0.717, 1.165) is 45.3 Å². The van der Waals surface area contributed by atoms with Crippen molar-refractivity contribution in [1.82, 2.24) is 15.5 Å². The Labute approximate surface area is 137 Å². The van der Waals surface area contributed by atoms with Crippen molar-refractivity contribution in [3.63, 3.8) is 0 Å². The van der Waals surface area contributed by atoms with Gasteiger partial charge in [0, 0.05) is 25.2 Å². The topological polar surface area (TPSA) is 90.9 Å². The molecule has 2 fully saturated rings. The van der Waals surface area contributed by atoms with Crippen LogP contribution in [0, 0.1) is 0 Å². The summed E-state index contributed by atoms with van der Waals surface area (Å²) in [4.78, 5) is 24.6. The van der Waals surface area contributed by atoms with E-state index in [1.54, 1.807) is 0 Å². The Morgan fingerprint density at radius 2 is 2.09 bits per heavy atom. The summed E-state index contributed by atoms with van der Waals surface area (Å²) in [5.41, 5.74) is 0. The molecule has 7 heteroatoms. The van der Waals surface area contributed by atoms with E-state index < -0.39 is 5.97 Å². The van der Waals surface area contributed by atoms with Crippen LogP contribution in [0.4, 0.5) is 4.79 Å². The fraction of sp³-hybridized carbons (Fsp3) is 0.875. The molecule has 7 nitrogen and oxygen atoms in total. The Morgan fingerprint density at radius 3 is 2.70 bits per heavy atom. The first-order valence-corrected chi connectivity index (χ1v) is 8.70. The molecular weight excluding hydrogens is 298 g/mol. The highest BCUT2D eigenvalue weighted by atomic mass is 16.5. The van der Waals surface area contributed by atoms with Crippen molar-refractivity contribution in [3.05, 3.63) is 0 Å². The number of hydrogen-bond acceptors (Lipinski definition) is 4. The van der Waals surface area contributed by atoms with Crippen LogP contribution in [0.2, 0.25) is 0 Å². The largest absolute Gasteiger partial charge is 0.480 e. The van der Waals surface area contributed by atoms with E-state index in [4.69, 9.17) is 9.84 Å². The Hall–Kier alpha value is -1.34. The van der Waals surface area contributed by atoms with Gasteiger partial charge in [-0.3, -0.25) is 9.69 Å². The molecule has 1 atom stereocenters. The highest BCUT2D eigenvalue weighted by molar-refractivity contribution is 5.74. The Balaban J connectivity index is 1.55. The predicted molar refractivity (Wildman–Crippen MR) is 86.4 cm³/mol. The molecule has 0 aromatic rings. The number of amides is 2. The average Bonchev–Trinajstić information content (AvgIpc) is 2.49. The second kappa shape index (κ2) is 9.08. The zero-order valence-electron chi connectivity index (χ0n) is 13.9. The Morgan fingerprint density at radius 1 is 1.30 bits per heavy atom. The monoisotopic (exact) mass is 327 g/mol. The van der Waals surface area contributed by atoms with E-state index in [-0.39, 0.29) is 30.8 Å². The zero-order valence-corrected chi connectivity index (χ0v) is 13.9. The summed E-state index contributed by atoms with van der Waals surface area (Å²) in [6, 6.07) is 0.274. The number of ether oxygens (including phenoxy) is 1. The van der Waals surface area contributed by atoms with Gasteiger partial charge in [0.25, 0.3) is 0 Å². The summed E-state index contributed by atoms with van der Waals surface area (Å²) < 4.78 is 5.63. The molecule has 1 heterocycles. The number of nitrogens with one attached hydrogen (secondary N) is 2. The van der Waals surface area contributed by atoms with Gasteiger partial charge >= 0.3 is 12.0 Å². The minimum Gasteiger partial charge on any atom is -0.480 e. The van der Waals surface area contributed by atoms with E-state index in [1.165, 1.54) is 6.42 Å². The minimum absolute atomic E-state index is 0.0709. The maximum atomic E-state index is 11.8.